The molecule has 0 aliphatic heterocycles. The number of nitriles is 1. The molecular formula is C19H13F2N3O2S. The Hall–Kier alpha value is -3.31. The minimum absolute atomic E-state index is 0.315. The lowest BCUT2D eigenvalue weighted by atomic mass is 10.2. The molecule has 136 valence electrons. The van der Waals surface area contributed by atoms with Crippen LogP contribution in [0.5, 0.6) is 5.75 Å². The minimum Gasteiger partial charge on any atom is -0.481 e. The smallest absolute Gasteiger partial charge is 0.266 e. The predicted molar refractivity (Wildman–Crippen MR) is 97.3 cm³/mol. The van der Waals surface area contributed by atoms with E-state index in [4.69, 9.17) is 10.00 Å². The first-order chi connectivity index (χ1) is 13.0. The number of benzene rings is 2. The van der Waals surface area contributed by atoms with Crippen molar-refractivity contribution in [2.45, 2.75) is 13.0 Å². The second kappa shape index (κ2) is 7.93. The highest BCUT2D eigenvalue weighted by Crippen LogP contribution is 2.26. The van der Waals surface area contributed by atoms with Crippen LogP contribution in [-0.4, -0.2) is 17.0 Å². The SMILES string of the molecule is C[C@@H](Oc1ccc(C#N)cc1)C(=O)Nc1nc(-c2ccc(F)c(F)c2)cs1. The van der Waals surface area contributed by atoms with Crippen molar-refractivity contribution in [3.05, 3.63) is 65.0 Å². The fourth-order valence-corrected chi connectivity index (χ4v) is 2.91. The molecule has 3 rings (SSSR count). The summed E-state index contributed by atoms with van der Waals surface area (Å²) in [4.78, 5) is 16.5. The summed E-state index contributed by atoms with van der Waals surface area (Å²) in [7, 11) is 0. The van der Waals surface area contributed by atoms with Gasteiger partial charge in [-0.1, -0.05) is 0 Å². The van der Waals surface area contributed by atoms with Gasteiger partial charge in [0.25, 0.3) is 5.91 Å². The van der Waals surface area contributed by atoms with E-state index in [1.807, 2.05) is 6.07 Å². The zero-order chi connectivity index (χ0) is 19.4. The van der Waals surface area contributed by atoms with Gasteiger partial charge >= 0.3 is 0 Å². The van der Waals surface area contributed by atoms with Gasteiger partial charge < -0.3 is 4.74 Å². The number of ether oxygens (including phenoxy) is 1. The Labute approximate surface area is 157 Å². The fourth-order valence-electron chi connectivity index (χ4n) is 2.19. The summed E-state index contributed by atoms with van der Waals surface area (Å²) in [5, 5.41) is 13.3. The predicted octanol–water partition coefficient (Wildman–Crippen LogP) is 4.37. The molecule has 1 N–H and O–H groups in total. The number of anilines is 1. The van der Waals surface area contributed by atoms with E-state index in [0.717, 1.165) is 23.5 Å². The maximum Gasteiger partial charge on any atom is 0.266 e. The summed E-state index contributed by atoms with van der Waals surface area (Å²) in [6.07, 6.45) is -0.798. The Balaban J connectivity index is 1.64. The van der Waals surface area contributed by atoms with Gasteiger partial charge in [0, 0.05) is 10.9 Å². The zero-order valence-electron chi connectivity index (χ0n) is 14.1. The molecule has 0 saturated carbocycles. The summed E-state index contributed by atoms with van der Waals surface area (Å²) in [6, 6.07) is 11.9. The average molecular weight is 385 g/mol. The zero-order valence-corrected chi connectivity index (χ0v) is 14.9. The van der Waals surface area contributed by atoms with Gasteiger partial charge in [0.2, 0.25) is 0 Å². The van der Waals surface area contributed by atoms with Crippen molar-refractivity contribution in [3.8, 4) is 23.1 Å². The van der Waals surface area contributed by atoms with Crippen LogP contribution in [0.15, 0.2) is 47.8 Å². The van der Waals surface area contributed by atoms with Crippen LogP contribution >= 0.6 is 11.3 Å². The monoisotopic (exact) mass is 385 g/mol. The first-order valence-electron chi connectivity index (χ1n) is 7.85. The summed E-state index contributed by atoms with van der Waals surface area (Å²) < 4.78 is 31.9. The molecule has 1 aromatic heterocycles. The fraction of sp³-hybridized carbons (Fsp3) is 0.105. The molecule has 1 amide bonds. The molecule has 3 aromatic rings. The van der Waals surface area contributed by atoms with Crippen LogP contribution in [0.3, 0.4) is 0 Å². The standard InChI is InChI=1S/C19H13F2N3O2S/c1-11(26-14-5-2-12(9-22)3-6-14)18(25)24-19-23-17(10-27-19)13-4-7-15(20)16(21)8-13/h2-8,10-11H,1H3,(H,23,24,25)/t11-/m1/s1. The molecule has 8 heteroatoms. The molecule has 0 saturated heterocycles. The van der Waals surface area contributed by atoms with E-state index < -0.39 is 23.6 Å². The summed E-state index contributed by atoms with van der Waals surface area (Å²) in [5.74, 6) is -1.85. The first-order valence-corrected chi connectivity index (χ1v) is 8.73. The van der Waals surface area contributed by atoms with Crippen molar-refractivity contribution in [1.82, 2.24) is 4.98 Å². The number of nitrogens with one attached hydrogen (secondary N) is 1. The normalized spacial score (nSPS) is 11.5. The number of aromatic nitrogens is 1. The molecule has 1 atom stereocenters. The van der Waals surface area contributed by atoms with E-state index in [9.17, 15) is 13.6 Å². The lowest BCUT2D eigenvalue weighted by Crippen LogP contribution is -2.30. The van der Waals surface area contributed by atoms with E-state index in [-0.39, 0.29) is 0 Å². The Bertz CT molecular complexity index is 1010. The molecule has 1 heterocycles. The minimum atomic E-state index is -0.962. The van der Waals surface area contributed by atoms with Crippen LogP contribution in [0.4, 0.5) is 13.9 Å². The van der Waals surface area contributed by atoms with Gasteiger partial charge in [-0.25, -0.2) is 13.8 Å². The topological polar surface area (TPSA) is 75.0 Å². The lowest BCUT2D eigenvalue weighted by Gasteiger charge is -2.13. The number of carbonyl (C=O) groups is 1. The maximum atomic E-state index is 13.3. The van der Waals surface area contributed by atoms with E-state index in [0.29, 0.717) is 27.7 Å². The Morgan fingerprint density at radius 1 is 1.22 bits per heavy atom. The summed E-state index contributed by atoms with van der Waals surface area (Å²) in [5.41, 5.74) is 1.33. The van der Waals surface area contributed by atoms with Crippen molar-refractivity contribution < 1.29 is 18.3 Å². The number of nitrogens with zero attached hydrogens (tertiary/aromatic N) is 2. The van der Waals surface area contributed by atoms with E-state index in [1.165, 1.54) is 6.07 Å². The number of rotatable bonds is 5. The molecule has 0 fully saturated rings. The first kappa shape index (κ1) is 18.5. The number of halogens is 2. The molecule has 2 aromatic carbocycles. The summed E-state index contributed by atoms with van der Waals surface area (Å²) in [6.45, 7) is 1.58. The molecule has 27 heavy (non-hydrogen) atoms. The second-order valence-corrected chi connectivity index (χ2v) is 6.41. The second-order valence-electron chi connectivity index (χ2n) is 5.55. The van der Waals surface area contributed by atoms with Crippen LogP contribution < -0.4 is 10.1 Å². The van der Waals surface area contributed by atoms with Gasteiger partial charge in [-0.3, -0.25) is 10.1 Å². The van der Waals surface area contributed by atoms with Crippen LogP contribution in [0.2, 0.25) is 0 Å². The van der Waals surface area contributed by atoms with E-state index in [1.54, 1.807) is 36.6 Å². The van der Waals surface area contributed by atoms with Gasteiger partial charge in [-0.2, -0.15) is 5.26 Å². The van der Waals surface area contributed by atoms with Gasteiger partial charge in [0.05, 0.1) is 17.3 Å². The van der Waals surface area contributed by atoms with Gasteiger partial charge in [-0.05, 0) is 49.4 Å². The van der Waals surface area contributed by atoms with Crippen molar-refractivity contribution >= 4 is 22.4 Å². The molecule has 0 aliphatic carbocycles. The number of carbonyl (C=O) groups excluding carboxylic acids is 1. The lowest BCUT2D eigenvalue weighted by molar-refractivity contribution is -0.122. The number of thiazole rings is 1. The molecule has 0 bridgehead atoms. The Kier molecular flexibility index (Phi) is 5.43. The third kappa shape index (κ3) is 4.46. The van der Waals surface area contributed by atoms with Crippen molar-refractivity contribution in [2.24, 2.45) is 0 Å². The van der Waals surface area contributed by atoms with Crippen LogP contribution in [0.25, 0.3) is 11.3 Å². The Morgan fingerprint density at radius 2 is 1.96 bits per heavy atom. The van der Waals surface area contributed by atoms with Crippen LogP contribution in [-0.2, 0) is 4.79 Å². The molecule has 0 radical (unpaired) electrons. The number of hydrogen-bond donors (Lipinski definition) is 1. The van der Waals surface area contributed by atoms with Crippen molar-refractivity contribution in [3.63, 3.8) is 0 Å². The van der Waals surface area contributed by atoms with Crippen LogP contribution in [0, 0.1) is 23.0 Å². The summed E-state index contributed by atoms with van der Waals surface area (Å²) >= 11 is 1.16. The maximum absolute atomic E-state index is 13.3. The molecule has 0 aliphatic rings. The number of amides is 1. The van der Waals surface area contributed by atoms with E-state index >= 15 is 0 Å². The van der Waals surface area contributed by atoms with Gasteiger partial charge in [0.15, 0.2) is 22.9 Å². The van der Waals surface area contributed by atoms with E-state index in [2.05, 4.69) is 10.3 Å². The van der Waals surface area contributed by atoms with Gasteiger partial charge in [0.1, 0.15) is 5.75 Å². The van der Waals surface area contributed by atoms with Gasteiger partial charge in [-0.15, -0.1) is 11.3 Å². The van der Waals surface area contributed by atoms with Crippen LogP contribution in [0.1, 0.15) is 12.5 Å². The highest BCUT2D eigenvalue weighted by Gasteiger charge is 2.17. The third-order valence-electron chi connectivity index (χ3n) is 3.62. The quantitative estimate of drug-likeness (QED) is 0.708. The largest absolute Gasteiger partial charge is 0.481 e. The Morgan fingerprint density at radius 3 is 2.63 bits per heavy atom. The van der Waals surface area contributed by atoms with Crippen molar-refractivity contribution in [1.29, 1.82) is 5.26 Å². The molecular weight excluding hydrogens is 372 g/mol. The molecule has 5 nitrogen and oxygen atoms in total. The highest BCUT2D eigenvalue weighted by atomic mass is 32.1. The molecule has 0 spiro atoms. The highest BCUT2D eigenvalue weighted by molar-refractivity contribution is 7.14. The average Bonchev–Trinajstić information content (AvgIpc) is 3.13. The number of hydrogen-bond acceptors (Lipinski definition) is 5. The third-order valence-corrected chi connectivity index (χ3v) is 4.37. The molecule has 0 unspecified atom stereocenters. The van der Waals surface area contributed by atoms with Crippen molar-refractivity contribution in [2.75, 3.05) is 5.32 Å².